The quantitative estimate of drug-likeness (QED) is 0.868. The number of nitrogens with zero attached hydrogens (tertiary/aromatic N) is 3. The minimum Gasteiger partial charge on any atom is -0.340 e. The van der Waals surface area contributed by atoms with E-state index in [2.05, 4.69) is 25.4 Å². The summed E-state index contributed by atoms with van der Waals surface area (Å²) >= 11 is 0. The Hall–Kier alpha value is -1.10. The third-order valence-electron chi connectivity index (χ3n) is 4.94. The van der Waals surface area contributed by atoms with E-state index in [9.17, 15) is 0 Å². The molecule has 104 valence electrons. The van der Waals surface area contributed by atoms with E-state index in [4.69, 9.17) is 0 Å². The summed E-state index contributed by atoms with van der Waals surface area (Å²) < 4.78 is 0. The minimum absolute atomic E-state index is 0.668. The lowest BCUT2D eigenvalue weighted by atomic mass is 9.89. The van der Waals surface area contributed by atoms with Gasteiger partial charge in [-0.1, -0.05) is 0 Å². The van der Waals surface area contributed by atoms with Gasteiger partial charge in [0.05, 0.1) is 0 Å². The maximum absolute atomic E-state index is 4.66. The summed E-state index contributed by atoms with van der Waals surface area (Å²) in [6.45, 7) is 3.45. The first-order chi connectivity index (χ1) is 9.40. The number of aromatic amines is 1. The molecule has 5 heteroatoms. The van der Waals surface area contributed by atoms with E-state index in [0.29, 0.717) is 5.92 Å². The van der Waals surface area contributed by atoms with E-state index in [0.717, 1.165) is 36.8 Å². The van der Waals surface area contributed by atoms with E-state index in [1.807, 2.05) is 0 Å². The molecule has 1 atom stereocenters. The molecule has 2 aliphatic heterocycles. The summed E-state index contributed by atoms with van der Waals surface area (Å²) in [6.07, 6.45) is 7.86. The predicted octanol–water partition coefficient (Wildman–Crippen LogP) is 1.65. The van der Waals surface area contributed by atoms with Crippen LogP contribution in [-0.4, -0.2) is 40.9 Å². The first kappa shape index (κ1) is 11.7. The van der Waals surface area contributed by atoms with Crippen molar-refractivity contribution in [3.63, 3.8) is 0 Å². The van der Waals surface area contributed by atoms with Crippen LogP contribution in [0.25, 0.3) is 0 Å². The molecule has 1 saturated carbocycles. The maximum atomic E-state index is 4.66. The van der Waals surface area contributed by atoms with Crippen molar-refractivity contribution in [3.8, 4) is 0 Å². The van der Waals surface area contributed by atoms with Gasteiger partial charge in [-0.05, 0) is 51.0 Å². The number of anilines is 1. The van der Waals surface area contributed by atoms with E-state index >= 15 is 0 Å². The minimum atomic E-state index is 0.668. The van der Waals surface area contributed by atoms with Crippen LogP contribution in [0.4, 0.5) is 5.95 Å². The molecule has 2 N–H and O–H groups in total. The standard InChI is InChI=1S/C14H23N5/c1-2-12(15-7-1)10-5-8-19(9-6-10)14-16-13(17-18-14)11-3-4-11/h10-12,15H,1-9H2,(H,16,17,18). The van der Waals surface area contributed by atoms with Crippen molar-refractivity contribution < 1.29 is 0 Å². The second-order valence-electron chi connectivity index (χ2n) is 6.32. The molecule has 1 unspecified atom stereocenters. The SMILES string of the molecule is C1CNC(C2CCN(c3n[nH]c(C4CC4)n3)CC2)C1. The van der Waals surface area contributed by atoms with Crippen molar-refractivity contribution >= 4 is 5.95 Å². The highest BCUT2D eigenvalue weighted by Gasteiger charge is 2.31. The molecule has 19 heavy (non-hydrogen) atoms. The van der Waals surface area contributed by atoms with E-state index in [-0.39, 0.29) is 0 Å². The lowest BCUT2D eigenvalue weighted by molar-refractivity contribution is 0.317. The normalized spacial score (nSPS) is 29.1. The van der Waals surface area contributed by atoms with Gasteiger partial charge in [0.2, 0.25) is 5.95 Å². The van der Waals surface area contributed by atoms with Crippen LogP contribution in [0.2, 0.25) is 0 Å². The van der Waals surface area contributed by atoms with Gasteiger partial charge >= 0.3 is 0 Å². The molecule has 0 radical (unpaired) electrons. The summed E-state index contributed by atoms with van der Waals surface area (Å²) in [7, 11) is 0. The van der Waals surface area contributed by atoms with Gasteiger partial charge < -0.3 is 10.2 Å². The van der Waals surface area contributed by atoms with Gasteiger partial charge in [-0.25, -0.2) is 0 Å². The smallest absolute Gasteiger partial charge is 0.244 e. The predicted molar refractivity (Wildman–Crippen MR) is 74.3 cm³/mol. The molecule has 2 saturated heterocycles. The van der Waals surface area contributed by atoms with Crippen molar-refractivity contribution in [1.29, 1.82) is 0 Å². The zero-order chi connectivity index (χ0) is 12.7. The fraction of sp³-hybridized carbons (Fsp3) is 0.857. The third kappa shape index (κ3) is 2.36. The van der Waals surface area contributed by atoms with Crippen LogP contribution in [0.5, 0.6) is 0 Å². The molecule has 1 aromatic heterocycles. The van der Waals surface area contributed by atoms with Gasteiger partial charge in [0.1, 0.15) is 5.82 Å². The molecule has 1 aromatic rings. The number of rotatable bonds is 3. The van der Waals surface area contributed by atoms with Crippen LogP contribution in [-0.2, 0) is 0 Å². The molecule has 5 nitrogen and oxygen atoms in total. The largest absolute Gasteiger partial charge is 0.340 e. The first-order valence-corrected chi connectivity index (χ1v) is 7.81. The summed E-state index contributed by atoms with van der Waals surface area (Å²) in [6, 6.07) is 0.774. The second kappa shape index (κ2) is 4.78. The van der Waals surface area contributed by atoms with Crippen LogP contribution in [0.15, 0.2) is 0 Å². The summed E-state index contributed by atoms with van der Waals surface area (Å²) in [5, 5.41) is 11.2. The van der Waals surface area contributed by atoms with Gasteiger partial charge in [-0.2, -0.15) is 4.98 Å². The van der Waals surface area contributed by atoms with Crippen molar-refractivity contribution in [2.75, 3.05) is 24.5 Å². The van der Waals surface area contributed by atoms with Crippen LogP contribution in [0, 0.1) is 5.92 Å². The first-order valence-electron chi connectivity index (χ1n) is 7.81. The number of H-pyrrole nitrogens is 1. The highest BCUT2D eigenvalue weighted by molar-refractivity contribution is 5.30. The second-order valence-corrected chi connectivity index (χ2v) is 6.32. The molecular formula is C14H23N5. The number of nitrogens with one attached hydrogen (secondary N) is 2. The van der Waals surface area contributed by atoms with Crippen LogP contribution < -0.4 is 10.2 Å². The maximum Gasteiger partial charge on any atom is 0.244 e. The van der Waals surface area contributed by atoms with Gasteiger partial charge in [-0.3, -0.25) is 5.10 Å². The number of aromatic nitrogens is 3. The zero-order valence-electron chi connectivity index (χ0n) is 11.4. The van der Waals surface area contributed by atoms with Gasteiger partial charge in [0.25, 0.3) is 0 Å². The fourth-order valence-electron chi connectivity index (χ4n) is 3.56. The summed E-state index contributed by atoms with van der Waals surface area (Å²) in [5.41, 5.74) is 0. The highest BCUT2D eigenvalue weighted by atomic mass is 15.4. The van der Waals surface area contributed by atoms with Crippen molar-refractivity contribution in [1.82, 2.24) is 20.5 Å². The summed E-state index contributed by atoms with van der Waals surface area (Å²) in [5.74, 6) is 3.57. The Labute approximate surface area is 114 Å². The zero-order valence-corrected chi connectivity index (χ0v) is 11.4. The lowest BCUT2D eigenvalue weighted by Crippen LogP contribution is -2.41. The Morgan fingerprint density at radius 1 is 1.05 bits per heavy atom. The van der Waals surface area contributed by atoms with E-state index in [1.165, 1.54) is 45.1 Å². The molecule has 0 aromatic carbocycles. The average molecular weight is 261 g/mol. The Balaban J connectivity index is 1.36. The lowest BCUT2D eigenvalue weighted by Gasteiger charge is -2.34. The van der Waals surface area contributed by atoms with Crippen LogP contribution in [0.3, 0.4) is 0 Å². The summed E-state index contributed by atoms with van der Waals surface area (Å²) in [4.78, 5) is 7.02. The topological polar surface area (TPSA) is 56.8 Å². The Morgan fingerprint density at radius 3 is 2.58 bits per heavy atom. The van der Waals surface area contributed by atoms with Crippen molar-refractivity contribution in [3.05, 3.63) is 5.82 Å². The van der Waals surface area contributed by atoms with Crippen LogP contribution in [0.1, 0.15) is 50.3 Å². The van der Waals surface area contributed by atoms with Crippen LogP contribution >= 0.6 is 0 Å². The van der Waals surface area contributed by atoms with E-state index in [1.54, 1.807) is 0 Å². The third-order valence-corrected chi connectivity index (χ3v) is 4.94. The van der Waals surface area contributed by atoms with Crippen molar-refractivity contribution in [2.45, 2.75) is 50.5 Å². The molecular weight excluding hydrogens is 238 g/mol. The van der Waals surface area contributed by atoms with Gasteiger partial charge in [0, 0.05) is 25.0 Å². The number of hydrogen-bond acceptors (Lipinski definition) is 4. The van der Waals surface area contributed by atoms with E-state index < -0.39 is 0 Å². The average Bonchev–Trinajstić information content (AvgIpc) is 2.97. The fourth-order valence-corrected chi connectivity index (χ4v) is 3.56. The molecule has 0 spiro atoms. The molecule has 3 heterocycles. The molecule has 1 aliphatic carbocycles. The Kier molecular flexibility index (Phi) is 2.94. The highest BCUT2D eigenvalue weighted by Crippen LogP contribution is 2.38. The number of piperidine rings is 1. The monoisotopic (exact) mass is 261 g/mol. The van der Waals surface area contributed by atoms with Gasteiger partial charge in [0.15, 0.2) is 0 Å². The molecule has 0 bridgehead atoms. The number of hydrogen-bond donors (Lipinski definition) is 2. The Bertz CT molecular complexity index is 425. The molecule has 3 aliphatic rings. The Morgan fingerprint density at radius 2 is 1.89 bits per heavy atom. The van der Waals surface area contributed by atoms with Gasteiger partial charge in [-0.15, -0.1) is 5.10 Å². The molecule has 4 rings (SSSR count). The molecule has 0 amide bonds. The molecule has 3 fully saturated rings. The van der Waals surface area contributed by atoms with Crippen molar-refractivity contribution in [2.24, 2.45) is 5.92 Å².